The van der Waals surface area contributed by atoms with Crippen molar-refractivity contribution in [2.75, 3.05) is 32.7 Å². The third kappa shape index (κ3) is 4.23. The highest BCUT2D eigenvalue weighted by molar-refractivity contribution is 5.74. The summed E-state index contributed by atoms with van der Waals surface area (Å²) in [5.74, 6) is 0.624. The molecule has 1 fully saturated rings. The number of carbonyl (C=O) groups is 1. The first-order chi connectivity index (χ1) is 10.7. The van der Waals surface area contributed by atoms with Crippen LogP contribution in [0.3, 0.4) is 0 Å². The zero-order valence-electron chi connectivity index (χ0n) is 14.1. The topological polar surface area (TPSA) is 35.6 Å². The van der Waals surface area contributed by atoms with Crippen LogP contribution in [0.2, 0.25) is 0 Å². The molecule has 0 saturated carbocycles. The molecular formula is C18H29N3O. The number of likely N-dealkylation sites (N-methyl/N-ethyl adjacent to an activating group) is 1. The number of hydrogen-bond acceptors (Lipinski definition) is 2. The normalized spacial score (nSPS) is 19.5. The Balaban J connectivity index is 1.99. The predicted molar refractivity (Wildman–Crippen MR) is 90.9 cm³/mol. The van der Waals surface area contributed by atoms with Crippen molar-refractivity contribution in [1.29, 1.82) is 0 Å². The summed E-state index contributed by atoms with van der Waals surface area (Å²) < 4.78 is 0. The van der Waals surface area contributed by atoms with Gasteiger partial charge in [-0.1, -0.05) is 51.1 Å². The van der Waals surface area contributed by atoms with Gasteiger partial charge in [0.25, 0.3) is 0 Å². The fourth-order valence-electron chi connectivity index (χ4n) is 3.21. The van der Waals surface area contributed by atoms with E-state index in [1.54, 1.807) is 0 Å². The number of hydrogen-bond donors (Lipinski definition) is 1. The summed E-state index contributed by atoms with van der Waals surface area (Å²) in [6.07, 6.45) is 1.12. The second kappa shape index (κ2) is 8.18. The zero-order valence-corrected chi connectivity index (χ0v) is 14.1. The summed E-state index contributed by atoms with van der Waals surface area (Å²) in [5.41, 5.74) is 1.27. The van der Waals surface area contributed by atoms with Crippen LogP contribution < -0.4 is 5.32 Å². The molecule has 0 bridgehead atoms. The maximum atomic E-state index is 12.3. The highest BCUT2D eigenvalue weighted by atomic mass is 16.2. The van der Waals surface area contributed by atoms with E-state index in [1.165, 1.54) is 5.56 Å². The Kier molecular flexibility index (Phi) is 6.25. The summed E-state index contributed by atoms with van der Waals surface area (Å²) in [5, 5.41) is 3.14. The van der Waals surface area contributed by atoms with Gasteiger partial charge in [0.1, 0.15) is 0 Å². The fourth-order valence-corrected chi connectivity index (χ4v) is 3.21. The summed E-state index contributed by atoms with van der Waals surface area (Å²) >= 11 is 0. The number of nitrogens with zero attached hydrogens (tertiary/aromatic N) is 2. The van der Waals surface area contributed by atoms with Crippen molar-refractivity contribution in [3.05, 3.63) is 35.9 Å². The average molecular weight is 303 g/mol. The number of likely N-dealkylation sites (tertiary alicyclic amines) is 1. The lowest BCUT2D eigenvalue weighted by Crippen LogP contribution is -2.43. The van der Waals surface area contributed by atoms with E-state index in [2.05, 4.69) is 55.3 Å². The number of carbonyl (C=O) groups excluding carboxylic acids is 1. The Morgan fingerprint density at radius 3 is 2.55 bits per heavy atom. The van der Waals surface area contributed by atoms with Gasteiger partial charge in [-0.05, 0) is 31.0 Å². The van der Waals surface area contributed by atoms with Crippen LogP contribution in [-0.2, 0) is 0 Å². The second-order valence-electron chi connectivity index (χ2n) is 6.17. The molecule has 1 saturated heterocycles. The van der Waals surface area contributed by atoms with Crippen LogP contribution >= 0.6 is 0 Å². The standard InChI is InChI=1S/C18H29N3O/c1-4-20(5-2)17(16-9-7-6-8-10-16)13-19-18(22)21-12-11-15(3)14-21/h6-10,15,17H,4-5,11-14H2,1-3H3,(H,19,22). The molecule has 1 aromatic carbocycles. The van der Waals surface area contributed by atoms with Crippen molar-refractivity contribution >= 4 is 6.03 Å². The smallest absolute Gasteiger partial charge is 0.317 e. The number of amides is 2. The molecule has 1 aromatic rings. The van der Waals surface area contributed by atoms with Gasteiger partial charge in [-0.2, -0.15) is 0 Å². The lowest BCUT2D eigenvalue weighted by Gasteiger charge is -2.31. The molecule has 4 heteroatoms. The van der Waals surface area contributed by atoms with E-state index in [0.717, 1.165) is 32.6 Å². The molecule has 1 heterocycles. The van der Waals surface area contributed by atoms with Crippen molar-refractivity contribution in [2.24, 2.45) is 5.92 Å². The van der Waals surface area contributed by atoms with E-state index in [0.29, 0.717) is 12.5 Å². The first kappa shape index (κ1) is 16.8. The minimum atomic E-state index is 0.0810. The lowest BCUT2D eigenvalue weighted by atomic mass is 10.1. The van der Waals surface area contributed by atoms with Gasteiger partial charge in [0.2, 0.25) is 0 Å². The van der Waals surface area contributed by atoms with Crippen molar-refractivity contribution in [3.8, 4) is 0 Å². The maximum Gasteiger partial charge on any atom is 0.317 e. The number of urea groups is 1. The van der Waals surface area contributed by atoms with Gasteiger partial charge in [-0.3, -0.25) is 4.90 Å². The first-order valence-corrected chi connectivity index (χ1v) is 8.47. The average Bonchev–Trinajstić information content (AvgIpc) is 2.98. The van der Waals surface area contributed by atoms with Gasteiger partial charge >= 0.3 is 6.03 Å². The molecule has 1 aliphatic rings. The number of benzene rings is 1. The molecular weight excluding hydrogens is 274 g/mol. The monoisotopic (exact) mass is 303 g/mol. The molecule has 4 nitrogen and oxygen atoms in total. The van der Waals surface area contributed by atoms with Gasteiger partial charge in [0.15, 0.2) is 0 Å². The minimum absolute atomic E-state index is 0.0810. The third-order valence-corrected chi connectivity index (χ3v) is 4.60. The maximum absolute atomic E-state index is 12.3. The van der Waals surface area contributed by atoms with Gasteiger partial charge < -0.3 is 10.2 Å². The van der Waals surface area contributed by atoms with Crippen molar-refractivity contribution in [3.63, 3.8) is 0 Å². The molecule has 22 heavy (non-hydrogen) atoms. The minimum Gasteiger partial charge on any atom is -0.336 e. The van der Waals surface area contributed by atoms with Crippen LogP contribution in [0.25, 0.3) is 0 Å². The molecule has 0 radical (unpaired) electrons. The van der Waals surface area contributed by atoms with Crippen LogP contribution in [0.15, 0.2) is 30.3 Å². The lowest BCUT2D eigenvalue weighted by molar-refractivity contribution is 0.189. The fraction of sp³-hybridized carbons (Fsp3) is 0.611. The molecule has 2 amide bonds. The van der Waals surface area contributed by atoms with Crippen molar-refractivity contribution in [1.82, 2.24) is 15.1 Å². The molecule has 0 aliphatic carbocycles. The summed E-state index contributed by atoms with van der Waals surface area (Å²) in [6, 6.07) is 10.8. The molecule has 0 aromatic heterocycles. The van der Waals surface area contributed by atoms with Crippen LogP contribution in [0.5, 0.6) is 0 Å². The molecule has 2 unspecified atom stereocenters. The summed E-state index contributed by atoms with van der Waals surface area (Å²) in [7, 11) is 0. The Morgan fingerprint density at radius 2 is 2.00 bits per heavy atom. The second-order valence-corrected chi connectivity index (χ2v) is 6.17. The Labute approximate surface area is 134 Å². The van der Waals surface area contributed by atoms with E-state index in [1.807, 2.05) is 11.0 Å². The Hall–Kier alpha value is -1.55. The number of nitrogens with one attached hydrogen (secondary N) is 1. The predicted octanol–water partition coefficient (Wildman–Crippen LogP) is 3.12. The quantitative estimate of drug-likeness (QED) is 0.876. The van der Waals surface area contributed by atoms with Gasteiger partial charge in [-0.15, -0.1) is 0 Å². The molecule has 2 rings (SSSR count). The van der Waals surface area contributed by atoms with Crippen molar-refractivity contribution < 1.29 is 4.79 Å². The van der Waals surface area contributed by atoms with E-state index in [-0.39, 0.29) is 12.1 Å². The molecule has 2 atom stereocenters. The number of rotatable bonds is 6. The van der Waals surface area contributed by atoms with E-state index in [4.69, 9.17) is 0 Å². The molecule has 0 spiro atoms. The van der Waals surface area contributed by atoms with Crippen molar-refractivity contribution in [2.45, 2.75) is 33.2 Å². The van der Waals surface area contributed by atoms with E-state index in [9.17, 15) is 4.79 Å². The van der Waals surface area contributed by atoms with Crippen LogP contribution in [0.4, 0.5) is 4.79 Å². The van der Waals surface area contributed by atoms with Crippen LogP contribution in [-0.4, -0.2) is 48.6 Å². The first-order valence-electron chi connectivity index (χ1n) is 8.47. The SMILES string of the molecule is CCN(CC)C(CNC(=O)N1CCC(C)C1)c1ccccc1. The summed E-state index contributed by atoms with van der Waals surface area (Å²) in [4.78, 5) is 16.7. The highest BCUT2D eigenvalue weighted by Crippen LogP contribution is 2.20. The van der Waals surface area contributed by atoms with Crippen LogP contribution in [0.1, 0.15) is 38.8 Å². The largest absolute Gasteiger partial charge is 0.336 e. The van der Waals surface area contributed by atoms with E-state index >= 15 is 0 Å². The van der Waals surface area contributed by atoms with Gasteiger partial charge in [0, 0.05) is 19.6 Å². The van der Waals surface area contributed by atoms with Gasteiger partial charge in [0.05, 0.1) is 6.04 Å². The Morgan fingerprint density at radius 1 is 1.32 bits per heavy atom. The van der Waals surface area contributed by atoms with Crippen LogP contribution in [0, 0.1) is 5.92 Å². The third-order valence-electron chi connectivity index (χ3n) is 4.60. The van der Waals surface area contributed by atoms with Gasteiger partial charge in [-0.25, -0.2) is 4.79 Å². The molecule has 1 N–H and O–H groups in total. The highest BCUT2D eigenvalue weighted by Gasteiger charge is 2.24. The molecule has 122 valence electrons. The van der Waals surface area contributed by atoms with E-state index < -0.39 is 0 Å². The molecule has 1 aliphatic heterocycles. The summed E-state index contributed by atoms with van der Waals surface area (Å²) in [6.45, 7) is 10.9. The Bertz CT molecular complexity index is 459. The zero-order chi connectivity index (χ0) is 15.9.